The highest BCUT2D eigenvalue weighted by Gasteiger charge is 2.43. The van der Waals surface area contributed by atoms with Gasteiger partial charge < -0.3 is 18.6 Å². The first-order valence-electron chi connectivity index (χ1n) is 9.95. The van der Waals surface area contributed by atoms with Gasteiger partial charge in [0.05, 0.1) is 6.61 Å². The smallest absolute Gasteiger partial charge is 0.303 e. The van der Waals surface area contributed by atoms with Gasteiger partial charge in [0, 0.05) is 6.92 Å². The van der Waals surface area contributed by atoms with Crippen molar-refractivity contribution < 1.29 is 23.4 Å². The minimum Gasteiger partial charge on any atom is -0.449 e. The maximum Gasteiger partial charge on any atom is 0.303 e. The monoisotopic (exact) mass is 398 g/mol. The van der Waals surface area contributed by atoms with Crippen LogP contribution >= 0.6 is 0 Å². The topological polar surface area (TPSA) is 54.0 Å². The summed E-state index contributed by atoms with van der Waals surface area (Å²) in [5, 5.41) is 0.129. The van der Waals surface area contributed by atoms with Gasteiger partial charge in [-0.3, -0.25) is 4.79 Å². The lowest BCUT2D eigenvalue weighted by Gasteiger charge is -2.37. The van der Waals surface area contributed by atoms with Gasteiger partial charge in [-0.25, -0.2) is 0 Å². The van der Waals surface area contributed by atoms with E-state index < -0.39 is 26.3 Å². The van der Waals surface area contributed by atoms with Crippen LogP contribution in [0.4, 0.5) is 0 Å². The van der Waals surface area contributed by atoms with Crippen molar-refractivity contribution in [3.05, 3.63) is 0 Å². The molecule has 3 atom stereocenters. The number of rotatable bonds is 7. The molecule has 0 aliphatic carbocycles. The van der Waals surface area contributed by atoms with Gasteiger partial charge in [-0.05, 0) is 44.8 Å². The molecule has 0 amide bonds. The second-order valence-electron chi connectivity index (χ2n) is 9.19. The van der Waals surface area contributed by atoms with Gasteiger partial charge in [0.25, 0.3) is 0 Å². The molecule has 1 heterocycles. The van der Waals surface area contributed by atoms with E-state index >= 15 is 0 Å². The molecule has 0 bridgehead atoms. The molecule has 0 unspecified atom stereocenters. The highest BCUT2D eigenvalue weighted by atomic mass is 28.4. The number of esters is 1. The number of carbonyl (C=O) groups is 1. The van der Waals surface area contributed by atoms with Crippen LogP contribution in [0.3, 0.4) is 0 Å². The molecular formula is C21H38O5Si. The van der Waals surface area contributed by atoms with Gasteiger partial charge in [0.2, 0.25) is 0 Å². The highest BCUT2D eigenvalue weighted by molar-refractivity contribution is 6.74. The molecule has 0 radical (unpaired) electrons. The largest absolute Gasteiger partial charge is 0.449 e. The Labute approximate surface area is 166 Å². The molecule has 1 saturated heterocycles. The number of hydrogen-bond donors (Lipinski definition) is 0. The van der Waals surface area contributed by atoms with E-state index in [1.54, 1.807) is 0 Å². The van der Waals surface area contributed by atoms with E-state index in [1.165, 1.54) is 6.92 Å². The van der Waals surface area contributed by atoms with Crippen molar-refractivity contribution in [3.63, 3.8) is 0 Å². The van der Waals surface area contributed by atoms with Gasteiger partial charge in [-0.2, -0.15) is 0 Å². The first-order chi connectivity index (χ1) is 12.3. The van der Waals surface area contributed by atoms with Gasteiger partial charge >= 0.3 is 5.97 Å². The van der Waals surface area contributed by atoms with Crippen LogP contribution in [0.5, 0.6) is 0 Å². The molecule has 156 valence electrons. The van der Waals surface area contributed by atoms with Crippen molar-refractivity contribution in [2.75, 3.05) is 6.61 Å². The molecule has 1 fully saturated rings. The average Bonchev–Trinajstić information content (AvgIpc) is 2.80. The minimum absolute atomic E-state index is 0.129. The Morgan fingerprint density at radius 2 is 1.89 bits per heavy atom. The van der Waals surface area contributed by atoms with Crippen LogP contribution in [-0.4, -0.2) is 45.0 Å². The van der Waals surface area contributed by atoms with E-state index in [0.29, 0.717) is 6.61 Å². The van der Waals surface area contributed by atoms with Crippen LogP contribution < -0.4 is 0 Å². The molecule has 0 aromatic carbocycles. The summed E-state index contributed by atoms with van der Waals surface area (Å²) in [6.07, 6.45) is 1.65. The predicted octanol–water partition coefficient (Wildman–Crippen LogP) is 4.65. The number of hydrogen-bond acceptors (Lipinski definition) is 5. The predicted molar refractivity (Wildman–Crippen MR) is 110 cm³/mol. The Kier molecular flexibility index (Phi) is 8.55. The van der Waals surface area contributed by atoms with Crippen LogP contribution in [0, 0.1) is 11.8 Å². The summed E-state index contributed by atoms with van der Waals surface area (Å²) in [5.41, 5.74) is 0. The van der Waals surface area contributed by atoms with Crippen LogP contribution in [0.2, 0.25) is 18.1 Å². The summed E-state index contributed by atoms with van der Waals surface area (Å²) < 4.78 is 23.6. The molecule has 6 heteroatoms. The number of ether oxygens (including phenoxy) is 3. The molecule has 27 heavy (non-hydrogen) atoms. The fraction of sp³-hybridized carbons (Fsp3) is 0.857. The zero-order chi connectivity index (χ0) is 20.9. The van der Waals surface area contributed by atoms with Crippen LogP contribution in [0.1, 0.15) is 67.7 Å². The molecule has 0 saturated carbocycles. The first kappa shape index (κ1) is 24.2. The first-order valence-corrected chi connectivity index (χ1v) is 12.9. The lowest BCUT2D eigenvalue weighted by molar-refractivity contribution is -0.146. The fourth-order valence-corrected chi connectivity index (χ4v) is 3.53. The normalized spacial score (nSPS) is 23.4. The van der Waals surface area contributed by atoms with Gasteiger partial charge in [-0.1, -0.05) is 46.0 Å². The van der Waals surface area contributed by atoms with Crippen molar-refractivity contribution in [2.45, 2.75) is 110 Å². The van der Waals surface area contributed by atoms with Crippen LogP contribution in [0.25, 0.3) is 0 Å². The van der Waals surface area contributed by atoms with Crippen LogP contribution in [0.15, 0.2) is 0 Å². The number of unbranched alkanes of at least 4 members (excludes halogenated alkanes) is 1. The molecule has 0 aromatic rings. The Morgan fingerprint density at radius 1 is 1.26 bits per heavy atom. The fourth-order valence-electron chi connectivity index (χ4n) is 2.51. The van der Waals surface area contributed by atoms with E-state index in [0.717, 1.165) is 19.3 Å². The lowest BCUT2D eigenvalue weighted by Crippen LogP contribution is -2.44. The average molecular weight is 399 g/mol. The van der Waals surface area contributed by atoms with E-state index in [9.17, 15) is 4.79 Å². The van der Waals surface area contributed by atoms with E-state index in [4.69, 9.17) is 18.6 Å². The van der Waals surface area contributed by atoms with Gasteiger partial charge in [-0.15, -0.1) is 0 Å². The van der Waals surface area contributed by atoms with Crippen molar-refractivity contribution in [1.82, 2.24) is 0 Å². The summed E-state index contributed by atoms with van der Waals surface area (Å²) in [5.74, 6) is 5.20. The molecule has 1 aliphatic rings. The van der Waals surface area contributed by atoms with Crippen molar-refractivity contribution in [3.8, 4) is 11.8 Å². The quantitative estimate of drug-likeness (QED) is 0.355. The minimum atomic E-state index is -1.89. The van der Waals surface area contributed by atoms with Gasteiger partial charge in [0.1, 0.15) is 12.2 Å². The molecule has 0 aromatic heterocycles. The number of carbonyl (C=O) groups excluding carboxylic acids is 1. The summed E-state index contributed by atoms with van der Waals surface area (Å²) in [6.45, 7) is 18.8. The van der Waals surface area contributed by atoms with Crippen molar-refractivity contribution in [2.24, 2.45) is 0 Å². The van der Waals surface area contributed by atoms with E-state index in [2.05, 4.69) is 52.6 Å². The third-order valence-electron chi connectivity index (χ3n) is 5.11. The zero-order valence-corrected chi connectivity index (χ0v) is 19.6. The Bertz CT molecular complexity index is 553. The highest BCUT2D eigenvalue weighted by Crippen LogP contribution is 2.37. The SMILES string of the molecule is CCCC[C@@H](C#C[C@@H]1OC(C)(C)O[C@H]1CO[Si](C)(C)C(C)(C)C)OC(C)=O. The standard InChI is InChI=1S/C21H38O5Si/c1-10-11-12-17(24-16(2)22)13-14-18-19(26-21(6,7)25-18)15-23-27(8,9)20(3,4)5/h17-19H,10-12,15H2,1-9H3/t17-,18-,19-/m0/s1. The molecule has 1 rings (SSSR count). The molecule has 0 N–H and O–H groups in total. The summed E-state index contributed by atoms with van der Waals surface area (Å²) in [6, 6.07) is 0. The summed E-state index contributed by atoms with van der Waals surface area (Å²) in [4.78, 5) is 11.3. The third kappa shape index (κ3) is 7.95. The summed E-state index contributed by atoms with van der Waals surface area (Å²) in [7, 11) is -1.89. The maximum atomic E-state index is 11.3. The van der Waals surface area contributed by atoms with Crippen molar-refractivity contribution in [1.29, 1.82) is 0 Å². The lowest BCUT2D eigenvalue weighted by atomic mass is 10.1. The summed E-state index contributed by atoms with van der Waals surface area (Å²) >= 11 is 0. The Morgan fingerprint density at radius 3 is 2.41 bits per heavy atom. The second kappa shape index (κ2) is 9.55. The van der Waals surface area contributed by atoms with E-state index in [1.807, 2.05) is 13.8 Å². The molecule has 5 nitrogen and oxygen atoms in total. The van der Waals surface area contributed by atoms with E-state index in [-0.39, 0.29) is 17.1 Å². The molecule has 0 spiro atoms. The molecular weight excluding hydrogens is 360 g/mol. The molecule has 1 aliphatic heterocycles. The van der Waals surface area contributed by atoms with Crippen molar-refractivity contribution >= 4 is 14.3 Å². The Hall–Kier alpha value is -0.873. The van der Waals surface area contributed by atoms with Gasteiger partial charge in [0.15, 0.2) is 20.2 Å². The Balaban J connectivity index is 2.85. The maximum absolute atomic E-state index is 11.3. The zero-order valence-electron chi connectivity index (χ0n) is 18.6. The van der Waals surface area contributed by atoms with Crippen LogP contribution in [-0.2, 0) is 23.4 Å². The second-order valence-corrected chi connectivity index (χ2v) is 14.0. The third-order valence-corrected chi connectivity index (χ3v) is 9.61.